The number of hydrogen-bond acceptors (Lipinski definition) is 10. The van der Waals surface area contributed by atoms with Crippen LogP contribution in [0.1, 0.15) is 45.4 Å². The topological polar surface area (TPSA) is 124 Å². The van der Waals surface area contributed by atoms with Gasteiger partial charge in [0.15, 0.2) is 0 Å². The highest BCUT2D eigenvalue weighted by molar-refractivity contribution is 5.93. The average molecular weight is 649 g/mol. The first-order valence-electron chi connectivity index (χ1n) is 17.0. The van der Waals surface area contributed by atoms with Gasteiger partial charge in [0.1, 0.15) is 29.2 Å². The molecular formula is C35H48N6O6. The molecule has 1 saturated heterocycles. The van der Waals surface area contributed by atoms with Crippen molar-refractivity contribution in [2.75, 3.05) is 83.9 Å². The van der Waals surface area contributed by atoms with Crippen LogP contribution >= 0.6 is 0 Å². The summed E-state index contributed by atoms with van der Waals surface area (Å²) in [4.78, 5) is 25.9. The first-order chi connectivity index (χ1) is 23.1. The van der Waals surface area contributed by atoms with E-state index in [1.54, 1.807) is 6.33 Å². The maximum absolute atomic E-state index is 12.8. The Labute approximate surface area is 276 Å². The van der Waals surface area contributed by atoms with Gasteiger partial charge in [-0.1, -0.05) is 12.2 Å². The van der Waals surface area contributed by atoms with Crippen molar-refractivity contribution in [3.63, 3.8) is 0 Å². The Balaban J connectivity index is 0.829. The Bertz CT molecular complexity index is 1460. The number of anilines is 1. The van der Waals surface area contributed by atoms with Gasteiger partial charge in [0.05, 0.1) is 63.9 Å². The van der Waals surface area contributed by atoms with Gasteiger partial charge in [-0.15, -0.1) is 0 Å². The fourth-order valence-corrected chi connectivity index (χ4v) is 5.89. The van der Waals surface area contributed by atoms with Crippen molar-refractivity contribution in [3.05, 3.63) is 42.7 Å². The number of nitrogens with one attached hydrogen (secondary N) is 1. The summed E-state index contributed by atoms with van der Waals surface area (Å²) in [5.41, 5.74) is 2.40. The van der Waals surface area contributed by atoms with Gasteiger partial charge in [-0.05, 0) is 63.1 Å². The first kappa shape index (κ1) is 33.3. The fourth-order valence-electron chi connectivity index (χ4n) is 5.89. The molecule has 3 heterocycles. The second kappa shape index (κ2) is 16.5. The molecule has 2 aromatic heterocycles. The molecule has 47 heavy (non-hydrogen) atoms. The van der Waals surface area contributed by atoms with Crippen LogP contribution in [0.5, 0.6) is 5.75 Å². The van der Waals surface area contributed by atoms with E-state index in [2.05, 4.69) is 44.1 Å². The summed E-state index contributed by atoms with van der Waals surface area (Å²) < 4.78 is 28.6. The molecule has 2 fully saturated rings. The van der Waals surface area contributed by atoms with Crippen molar-refractivity contribution in [2.45, 2.75) is 51.0 Å². The van der Waals surface area contributed by atoms with E-state index in [0.717, 1.165) is 65.6 Å². The minimum absolute atomic E-state index is 0.0521. The minimum Gasteiger partial charge on any atom is -0.488 e. The molecular weight excluding hydrogens is 600 g/mol. The Hall–Kier alpha value is -3.58. The number of hydrogen-bond donors (Lipinski definition) is 1. The highest BCUT2D eigenvalue weighted by Gasteiger charge is 2.40. The third-order valence-corrected chi connectivity index (χ3v) is 9.06. The van der Waals surface area contributed by atoms with Crippen LogP contribution in [0.2, 0.25) is 0 Å². The van der Waals surface area contributed by atoms with E-state index in [1.807, 2.05) is 29.2 Å². The molecule has 0 bridgehead atoms. The van der Waals surface area contributed by atoms with Crippen molar-refractivity contribution >= 4 is 22.6 Å². The molecule has 12 nitrogen and oxygen atoms in total. The lowest BCUT2D eigenvalue weighted by Crippen LogP contribution is -2.49. The molecule has 1 saturated carbocycles. The monoisotopic (exact) mass is 648 g/mol. The van der Waals surface area contributed by atoms with Gasteiger partial charge < -0.3 is 33.5 Å². The van der Waals surface area contributed by atoms with E-state index in [0.29, 0.717) is 78.8 Å². The second-order valence-corrected chi connectivity index (χ2v) is 12.8. The van der Waals surface area contributed by atoms with Crippen LogP contribution < -0.4 is 9.64 Å². The van der Waals surface area contributed by atoms with E-state index < -0.39 is 0 Å². The van der Waals surface area contributed by atoms with Crippen LogP contribution in [0.3, 0.4) is 0 Å². The number of nitrogens with zero attached hydrogens (tertiary/aromatic N) is 5. The summed E-state index contributed by atoms with van der Waals surface area (Å²) in [5, 5.41) is 8.63. The summed E-state index contributed by atoms with van der Waals surface area (Å²) in [6.45, 7) is 9.16. The van der Waals surface area contributed by atoms with E-state index in [9.17, 15) is 4.79 Å². The highest BCUT2D eigenvalue weighted by atomic mass is 16.6. The van der Waals surface area contributed by atoms with Crippen molar-refractivity contribution in [3.8, 4) is 17.1 Å². The number of ether oxygens (including phenoxy) is 5. The SMILES string of the molecule is CC1(Oc2ccc3[nH]nc(-c4cc(N5CCN(C(=O)CCOCCOCCOCCOCCC6CC=CC6)CC5)ncn4)c3c2)CC1. The standard InChI is InChI=1S/C35H48N6O6/c1-35(10-11-35)47-28-6-7-30-29(24-28)34(39-38-30)31-25-32(37-26-36-31)40-12-14-41(15-13-40)33(42)9-17-44-19-21-46-23-22-45-20-18-43-16-8-27-4-2-3-5-27/h2-3,6-7,24-27H,4-5,8-23H2,1H3,(H,38,39). The smallest absolute Gasteiger partial charge is 0.225 e. The predicted octanol–water partition coefficient (Wildman–Crippen LogP) is 4.41. The summed E-state index contributed by atoms with van der Waals surface area (Å²) in [6, 6.07) is 7.98. The molecule has 0 unspecified atom stereocenters. The number of allylic oxidation sites excluding steroid dienone is 2. The number of aromatic amines is 1. The molecule has 1 amide bonds. The highest BCUT2D eigenvalue weighted by Crippen LogP contribution is 2.40. The van der Waals surface area contributed by atoms with Crippen molar-refractivity contribution in [1.29, 1.82) is 0 Å². The van der Waals surface area contributed by atoms with Crippen LogP contribution in [0.15, 0.2) is 42.7 Å². The number of carbonyl (C=O) groups is 1. The van der Waals surface area contributed by atoms with E-state index >= 15 is 0 Å². The van der Waals surface area contributed by atoms with Gasteiger partial charge in [0, 0.05) is 44.2 Å². The zero-order valence-corrected chi connectivity index (χ0v) is 27.5. The summed E-state index contributed by atoms with van der Waals surface area (Å²) in [6.07, 6.45) is 12.1. The first-order valence-corrected chi connectivity index (χ1v) is 17.0. The number of carbonyl (C=O) groups excluding carboxylic acids is 1. The fraction of sp³-hybridized carbons (Fsp3) is 0.600. The molecule has 0 spiro atoms. The van der Waals surface area contributed by atoms with Crippen LogP contribution in [-0.4, -0.2) is 116 Å². The van der Waals surface area contributed by atoms with Crippen LogP contribution in [-0.2, 0) is 23.7 Å². The van der Waals surface area contributed by atoms with E-state index in [4.69, 9.17) is 23.7 Å². The Morgan fingerprint density at radius 2 is 1.55 bits per heavy atom. The molecule has 3 aromatic rings. The molecule has 1 aromatic carbocycles. The van der Waals surface area contributed by atoms with Crippen molar-refractivity contribution in [2.24, 2.45) is 5.92 Å². The van der Waals surface area contributed by atoms with Gasteiger partial charge in [0.2, 0.25) is 5.91 Å². The molecule has 0 atom stereocenters. The number of rotatable bonds is 19. The molecule has 1 N–H and O–H groups in total. The van der Waals surface area contributed by atoms with Crippen LogP contribution in [0.25, 0.3) is 22.3 Å². The Morgan fingerprint density at radius 1 is 0.872 bits per heavy atom. The number of piperazine rings is 1. The van der Waals surface area contributed by atoms with Crippen LogP contribution in [0, 0.1) is 5.92 Å². The Morgan fingerprint density at radius 3 is 2.26 bits per heavy atom. The van der Waals surface area contributed by atoms with Crippen molar-refractivity contribution < 1.29 is 28.5 Å². The molecule has 1 aliphatic heterocycles. The molecule has 0 radical (unpaired) electrons. The van der Waals surface area contributed by atoms with E-state index in [-0.39, 0.29) is 11.5 Å². The zero-order chi connectivity index (χ0) is 32.3. The number of amides is 1. The quantitative estimate of drug-likeness (QED) is 0.148. The third-order valence-electron chi connectivity index (χ3n) is 9.06. The lowest BCUT2D eigenvalue weighted by atomic mass is 10.0. The zero-order valence-electron chi connectivity index (χ0n) is 27.5. The third kappa shape index (κ3) is 9.72. The largest absolute Gasteiger partial charge is 0.488 e. The van der Waals surface area contributed by atoms with Crippen molar-refractivity contribution in [1.82, 2.24) is 25.1 Å². The molecule has 254 valence electrons. The second-order valence-electron chi connectivity index (χ2n) is 12.8. The van der Waals surface area contributed by atoms with Gasteiger partial charge >= 0.3 is 0 Å². The van der Waals surface area contributed by atoms with Gasteiger partial charge in [-0.2, -0.15) is 5.10 Å². The lowest BCUT2D eigenvalue weighted by molar-refractivity contribution is -0.132. The van der Waals surface area contributed by atoms with E-state index in [1.165, 1.54) is 12.8 Å². The summed E-state index contributed by atoms with van der Waals surface area (Å²) in [7, 11) is 0. The number of fused-ring (bicyclic) bond motifs is 1. The summed E-state index contributed by atoms with van der Waals surface area (Å²) >= 11 is 0. The average Bonchev–Trinajstić information content (AvgIpc) is 3.42. The van der Waals surface area contributed by atoms with Gasteiger partial charge in [-0.3, -0.25) is 9.89 Å². The molecule has 3 aliphatic rings. The normalized spacial score (nSPS) is 17.6. The van der Waals surface area contributed by atoms with Crippen LogP contribution in [0.4, 0.5) is 5.82 Å². The minimum atomic E-state index is -0.0521. The maximum atomic E-state index is 12.8. The lowest BCUT2D eigenvalue weighted by Gasteiger charge is -2.35. The molecule has 6 rings (SSSR count). The predicted molar refractivity (Wildman–Crippen MR) is 179 cm³/mol. The number of H-pyrrole nitrogens is 1. The van der Waals surface area contributed by atoms with Gasteiger partial charge in [0.25, 0.3) is 0 Å². The Kier molecular flexibility index (Phi) is 11.7. The number of benzene rings is 1. The maximum Gasteiger partial charge on any atom is 0.225 e. The number of aromatic nitrogens is 4. The van der Waals surface area contributed by atoms with Gasteiger partial charge in [-0.25, -0.2) is 9.97 Å². The molecule has 2 aliphatic carbocycles. The summed E-state index contributed by atoms with van der Waals surface area (Å²) in [5.74, 6) is 2.53. The molecule has 12 heteroatoms.